The fourth-order valence-corrected chi connectivity index (χ4v) is 2.46. The molecule has 0 aliphatic heterocycles. The molecule has 0 aromatic carbocycles. The fourth-order valence-electron chi connectivity index (χ4n) is 1.10. The van der Waals surface area contributed by atoms with E-state index in [-0.39, 0.29) is 10.7 Å². The average molecular weight is 259 g/mol. The molecule has 0 bridgehead atoms. The van der Waals surface area contributed by atoms with Crippen molar-refractivity contribution in [2.24, 2.45) is 0 Å². The monoisotopic (exact) mass is 259 g/mol. The van der Waals surface area contributed by atoms with Crippen molar-refractivity contribution < 1.29 is 13.3 Å². The van der Waals surface area contributed by atoms with E-state index in [1.165, 1.54) is 0 Å². The molecule has 8 heteroatoms. The van der Waals surface area contributed by atoms with E-state index >= 15 is 0 Å². The molecular weight excluding hydrogens is 246 g/mol. The van der Waals surface area contributed by atoms with Crippen LogP contribution in [0.3, 0.4) is 0 Å². The second-order valence-electron chi connectivity index (χ2n) is 4.46. The topological polar surface area (TPSA) is 102 Å². The van der Waals surface area contributed by atoms with E-state index in [4.69, 9.17) is 0 Å². The molecule has 0 amide bonds. The summed E-state index contributed by atoms with van der Waals surface area (Å²) < 4.78 is 26.0. The van der Waals surface area contributed by atoms with Gasteiger partial charge in [0.1, 0.15) is 4.90 Å². The summed E-state index contributed by atoms with van der Waals surface area (Å²) in [4.78, 5) is 13.0. The molecule has 0 saturated carbocycles. The zero-order chi connectivity index (χ0) is 13.3. The largest absolute Gasteiger partial charge is 0.363 e. The molecule has 1 aromatic heterocycles. The van der Waals surface area contributed by atoms with Crippen LogP contribution < -0.4 is 4.72 Å². The van der Waals surface area contributed by atoms with E-state index < -0.39 is 20.5 Å². The number of rotatable bonds is 3. The Bertz CT molecular complexity index is 516. The van der Waals surface area contributed by atoms with Crippen molar-refractivity contribution in [2.75, 3.05) is 0 Å². The molecule has 0 aliphatic carbocycles. The smallest absolute Gasteiger partial charge is 0.358 e. The molecule has 0 unspecified atom stereocenters. The maximum absolute atomic E-state index is 11.8. The van der Waals surface area contributed by atoms with Gasteiger partial charge >= 0.3 is 5.82 Å². The van der Waals surface area contributed by atoms with Crippen molar-refractivity contribution in [3.05, 3.63) is 28.4 Å². The van der Waals surface area contributed by atoms with E-state index in [2.05, 4.69) is 9.71 Å². The van der Waals surface area contributed by atoms with Crippen LogP contribution in [0.15, 0.2) is 23.2 Å². The Morgan fingerprint density at radius 2 is 1.94 bits per heavy atom. The lowest BCUT2D eigenvalue weighted by molar-refractivity contribution is -0.389. The molecule has 1 rings (SSSR count). The number of nitrogens with zero attached hydrogens (tertiary/aromatic N) is 2. The van der Waals surface area contributed by atoms with Crippen LogP contribution in [0.2, 0.25) is 0 Å². The second kappa shape index (κ2) is 4.38. The van der Waals surface area contributed by atoms with Crippen molar-refractivity contribution in [3.8, 4) is 0 Å². The summed E-state index contributed by atoms with van der Waals surface area (Å²) in [5, 5.41) is 10.4. The van der Waals surface area contributed by atoms with Crippen LogP contribution >= 0.6 is 0 Å². The first-order valence-electron chi connectivity index (χ1n) is 4.76. The molecule has 0 atom stereocenters. The van der Waals surface area contributed by atoms with Crippen molar-refractivity contribution in [2.45, 2.75) is 31.2 Å². The fraction of sp³-hybridized carbons (Fsp3) is 0.444. The SMILES string of the molecule is CC(C)(C)NS(=O)(=O)c1ccc([N+](=O)[O-])nc1. The number of hydrogen-bond acceptors (Lipinski definition) is 5. The van der Waals surface area contributed by atoms with Gasteiger partial charge in [0.15, 0.2) is 6.20 Å². The minimum Gasteiger partial charge on any atom is -0.358 e. The molecule has 0 radical (unpaired) electrons. The lowest BCUT2D eigenvalue weighted by Gasteiger charge is -2.19. The Morgan fingerprint density at radius 1 is 1.35 bits per heavy atom. The van der Waals surface area contributed by atoms with Crippen molar-refractivity contribution in [1.29, 1.82) is 0 Å². The van der Waals surface area contributed by atoms with Crippen molar-refractivity contribution in [1.82, 2.24) is 9.71 Å². The molecule has 0 fully saturated rings. The Labute approximate surface area is 99.1 Å². The lowest BCUT2D eigenvalue weighted by Crippen LogP contribution is -2.40. The Kier molecular flexibility index (Phi) is 3.48. The molecule has 0 saturated heterocycles. The van der Waals surface area contributed by atoms with Gasteiger partial charge in [0.25, 0.3) is 0 Å². The van der Waals surface area contributed by atoms with Crippen LogP contribution in [-0.4, -0.2) is 23.9 Å². The first-order chi connectivity index (χ1) is 7.62. The van der Waals surface area contributed by atoms with Gasteiger partial charge in [-0.3, -0.25) is 0 Å². The highest BCUT2D eigenvalue weighted by Gasteiger charge is 2.23. The van der Waals surface area contributed by atoms with Gasteiger partial charge < -0.3 is 10.1 Å². The number of hydrogen-bond donors (Lipinski definition) is 1. The van der Waals surface area contributed by atoms with Gasteiger partial charge in [-0.15, -0.1) is 0 Å². The molecule has 1 aromatic rings. The van der Waals surface area contributed by atoms with Gasteiger partial charge in [-0.1, -0.05) is 0 Å². The molecule has 17 heavy (non-hydrogen) atoms. The highest BCUT2D eigenvalue weighted by atomic mass is 32.2. The lowest BCUT2D eigenvalue weighted by atomic mass is 10.1. The van der Waals surface area contributed by atoms with Gasteiger partial charge in [0.05, 0.1) is 0 Å². The normalized spacial score (nSPS) is 12.4. The summed E-state index contributed by atoms with van der Waals surface area (Å²) in [6.07, 6.45) is 0.964. The third-order valence-corrected chi connectivity index (χ3v) is 3.40. The summed E-state index contributed by atoms with van der Waals surface area (Å²) in [7, 11) is -3.70. The molecule has 1 heterocycles. The van der Waals surface area contributed by atoms with Crippen LogP contribution in [-0.2, 0) is 10.0 Å². The predicted molar refractivity (Wildman–Crippen MR) is 61.0 cm³/mol. The standard InChI is InChI=1S/C9H13N3O4S/c1-9(2,3)11-17(15,16)7-4-5-8(10-6-7)12(13)14/h4-6,11H,1-3H3. The zero-order valence-corrected chi connectivity index (χ0v) is 10.5. The van der Waals surface area contributed by atoms with Gasteiger partial charge in [-0.2, -0.15) is 0 Å². The summed E-state index contributed by atoms with van der Waals surface area (Å²) in [6, 6.07) is 2.20. The average Bonchev–Trinajstić information content (AvgIpc) is 2.14. The van der Waals surface area contributed by atoms with Gasteiger partial charge in [0.2, 0.25) is 10.0 Å². The predicted octanol–water partition coefficient (Wildman–Crippen LogP) is 1.07. The Balaban J connectivity index is 3.05. The highest BCUT2D eigenvalue weighted by molar-refractivity contribution is 7.89. The van der Waals surface area contributed by atoms with E-state index in [9.17, 15) is 18.5 Å². The Hall–Kier alpha value is -1.54. The van der Waals surface area contributed by atoms with E-state index in [1.807, 2.05) is 0 Å². The maximum atomic E-state index is 11.8. The molecule has 94 valence electrons. The molecule has 0 aliphatic rings. The van der Waals surface area contributed by atoms with Crippen LogP contribution in [0.25, 0.3) is 0 Å². The molecule has 1 N–H and O–H groups in total. The minimum atomic E-state index is -3.70. The minimum absolute atomic E-state index is 0.0991. The third kappa shape index (κ3) is 3.75. The van der Waals surface area contributed by atoms with Crippen LogP contribution in [0.4, 0.5) is 5.82 Å². The summed E-state index contributed by atoms with van der Waals surface area (Å²) >= 11 is 0. The first kappa shape index (κ1) is 13.5. The number of nitrogens with one attached hydrogen (secondary N) is 1. The van der Waals surface area contributed by atoms with E-state index in [0.29, 0.717) is 0 Å². The van der Waals surface area contributed by atoms with Gasteiger partial charge in [-0.05, 0) is 36.7 Å². The number of pyridine rings is 1. The molecular formula is C9H13N3O4S. The van der Waals surface area contributed by atoms with Crippen molar-refractivity contribution in [3.63, 3.8) is 0 Å². The number of aromatic nitrogens is 1. The summed E-state index contributed by atoms with van der Waals surface area (Å²) in [5.74, 6) is -0.389. The number of sulfonamides is 1. The van der Waals surface area contributed by atoms with Crippen molar-refractivity contribution >= 4 is 15.8 Å². The van der Waals surface area contributed by atoms with Gasteiger partial charge in [0, 0.05) is 11.6 Å². The zero-order valence-electron chi connectivity index (χ0n) is 9.67. The van der Waals surface area contributed by atoms with Crippen LogP contribution in [0.5, 0.6) is 0 Å². The summed E-state index contributed by atoms with van der Waals surface area (Å²) in [6.45, 7) is 5.09. The third-order valence-electron chi connectivity index (χ3n) is 1.66. The van der Waals surface area contributed by atoms with Gasteiger partial charge in [-0.25, -0.2) is 13.1 Å². The highest BCUT2D eigenvalue weighted by Crippen LogP contribution is 2.14. The number of nitro groups is 1. The summed E-state index contributed by atoms with van der Waals surface area (Å²) in [5.41, 5.74) is -0.624. The second-order valence-corrected chi connectivity index (χ2v) is 6.15. The van der Waals surface area contributed by atoms with Crippen LogP contribution in [0, 0.1) is 10.1 Å². The maximum Gasteiger partial charge on any atom is 0.363 e. The quantitative estimate of drug-likeness (QED) is 0.646. The molecule has 7 nitrogen and oxygen atoms in total. The van der Waals surface area contributed by atoms with E-state index in [0.717, 1.165) is 18.3 Å². The Morgan fingerprint density at radius 3 is 2.29 bits per heavy atom. The van der Waals surface area contributed by atoms with E-state index in [1.54, 1.807) is 20.8 Å². The molecule has 0 spiro atoms. The first-order valence-corrected chi connectivity index (χ1v) is 6.24. The van der Waals surface area contributed by atoms with Crippen LogP contribution in [0.1, 0.15) is 20.8 Å².